The molecule has 1 aromatic carbocycles. The van der Waals surface area contributed by atoms with Gasteiger partial charge in [-0.3, -0.25) is 0 Å². The Morgan fingerprint density at radius 1 is 1.44 bits per heavy atom. The molecule has 0 bridgehead atoms. The summed E-state index contributed by atoms with van der Waals surface area (Å²) >= 11 is 0. The molecule has 86 valence electrons. The maximum atomic E-state index is 11.8. The zero-order chi connectivity index (χ0) is 11.9. The fourth-order valence-corrected chi connectivity index (χ4v) is 3.36. The van der Waals surface area contributed by atoms with Crippen LogP contribution in [-0.4, -0.2) is 20.1 Å². The molecule has 0 saturated carbocycles. The lowest BCUT2D eigenvalue weighted by atomic mass is 9.95. The predicted octanol–water partition coefficient (Wildman–Crippen LogP) is 1.12. The summed E-state index contributed by atoms with van der Waals surface area (Å²) in [5.74, 6) is 0.0174. The number of rotatable bonds is 2. The molecule has 1 aliphatic heterocycles. The highest BCUT2D eigenvalue weighted by Crippen LogP contribution is 2.38. The lowest BCUT2D eigenvalue weighted by molar-refractivity contribution is 0.474. The van der Waals surface area contributed by atoms with Crippen LogP contribution in [0.1, 0.15) is 12.5 Å². The molecule has 0 amide bonds. The van der Waals surface area contributed by atoms with E-state index < -0.39 is 9.84 Å². The quantitative estimate of drug-likeness (QED) is 0.810. The molecule has 0 fully saturated rings. The molecule has 1 aliphatic rings. The van der Waals surface area contributed by atoms with Crippen molar-refractivity contribution in [3.63, 3.8) is 0 Å². The molecule has 3 N–H and O–H groups in total. The minimum atomic E-state index is -3.36. The fraction of sp³-hybridized carbons (Fsp3) is 0.273. The van der Waals surface area contributed by atoms with Crippen LogP contribution in [0.5, 0.6) is 5.75 Å². The van der Waals surface area contributed by atoms with Crippen molar-refractivity contribution >= 4 is 15.4 Å². The van der Waals surface area contributed by atoms with E-state index in [1.807, 2.05) is 6.92 Å². The van der Waals surface area contributed by atoms with Crippen molar-refractivity contribution in [3.8, 4) is 5.75 Å². The highest BCUT2D eigenvalue weighted by Gasteiger charge is 2.29. The first-order chi connectivity index (χ1) is 7.45. The van der Waals surface area contributed by atoms with E-state index in [0.29, 0.717) is 17.7 Å². The largest absolute Gasteiger partial charge is 0.508 e. The molecule has 0 saturated heterocycles. The van der Waals surface area contributed by atoms with Gasteiger partial charge in [0, 0.05) is 11.0 Å². The Morgan fingerprint density at radius 3 is 2.75 bits per heavy atom. The van der Waals surface area contributed by atoms with E-state index >= 15 is 0 Å². The van der Waals surface area contributed by atoms with Crippen molar-refractivity contribution in [2.24, 2.45) is 11.7 Å². The first kappa shape index (κ1) is 11.2. The predicted molar refractivity (Wildman–Crippen MR) is 61.5 cm³/mol. The third kappa shape index (κ3) is 1.62. The summed E-state index contributed by atoms with van der Waals surface area (Å²) in [5, 5.41) is 10.6. The number of benzene rings is 1. The number of aromatic hydroxyl groups is 1. The van der Waals surface area contributed by atoms with Crippen LogP contribution >= 0.6 is 0 Å². The number of phenolic OH excluding ortho intramolecular Hbond substituents is 1. The second kappa shape index (κ2) is 3.61. The number of hydrogen-bond donors (Lipinski definition) is 2. The maximum absolute atomic E-state index is 11.8. The molecule has 1 heterocycles. The first-order valence-electron chi connectivity index (χ1n) is 4.96. The molecule has 0 aromatic heterocycles. The van der Waals surface area contributed by atoms with Gasteiger partial charge >= 0.3 is 0 Å². The number of nitrogens with two attached hydrogens (primary N) is 1. The van der Waals surface area contributed by atoms with Crippen molar-refractivity contribution in [2.75, 3.05) is 6.54 Å². The van der Waals surface area contributed by atoms with Gasteiger partial charge in [-0.15, -0.1) is 0 Å². The zero-order valence-electron chi connectivity index (χ0n) is 8.84. The number of hydrogen-bond acceptors (Lipinski definition) is 4. The maximum Gasteiger partial charge on any atom is 0.200 e. The fourth-order valence-electron chi connectivity index (χ4n) is 1.79. The van der Waals surface area contributed by atoms with Crippen molar-refractivity contribution in [3.05, 3.63) is 29.2 Å². The van der Waals surface area contributed by atoms with Crippen LogP contribution in [0.3, 0.4) is 0 Å². The van der Waals surface area contributed by atoms with Crippen molar-refractivity contribution < 1.29 is 13.5 Å². The average molecular weight is 239 g/mol. The Balaban J connectivity index is 2.66. The lowest BCUT2D eigenvalue weighted by Gasteiger charge is -2.10. The Labute approximate surface area is 94.3 Å². The van der Waals surface area contributed by atoms with Gasteiger partial charge in [0.1, 0.15) is 5.75 Å². The van der Waals surface area contributed by atoms with E-state index in [-0.39, 0.29) is 16.6 Å². The van der Waals surface area contributed by atoms with Crippen LogP contribution in [0.2, 0.25) is 0 Å². The topological polar surface area (TPSA) is 80.4 Å². The normalized spacial score (nSPS) is 19.0. The number of sulfone groups is 1. The molecule has 0 spiro atoms. The van der Waals surface area contributed by atoms with E-state index in [1.165, 1.54) is 23.6 Å². The summed E-state index contributed by atoms with van der Waals surface area (Å²) in [5.41, 5.74) is 6.78. The van der Waals surface area contributed by atoms with Gasteiger partial charge in [0.25, 0.3) is 0 Å². The van der Waals surface area contributed by atoms with E-state index in [2.05, 4.69) is 0 Å². The second-order valence-corrected chi connectivity index (χ2v) is 5.70. The van der Waals surface area contributed by atoms with Gasteiger partial charge in [0.05, 0.1) is 4.90 Å². The summed E-state index contributed by atoms with van der Waals surface area (Å²) in [6, 6.07) is 4.27. The van der Waals surface area contributed by atoms with E-state index in [9.17, 15) is 13.5 Å². The standard InChI is InChI=1S/C11H13NO3S/c1-7(5-12)10-6-16(14,15)11-3-2-8(13)4-9(10)11/h2-4,6-7,13H,5,12H2,1H3. The summed E-state index contributed by atoms with van der Waals surface area (Å²) in [6.45, 7) is 2.23. The molecule has 2 rings (SSSR count). The Hall–Kier alpha value is -1.33. The summed E-state index contributed by atoms with van der Waals surface area (Å²) in [6.07, 6.45) is 0. The van der Waals surface area contributed by atoms with E-state index in [0.717, 1.165) is 0 Å². The van der Waals surface area contributed by atoms with Crippen LogP contribution in [0.15, 0.2) is 28.5 Å². The van der Waals surface area contributed by atoms with Crippen molar-refractivity contribution in [2.45, 2.75) is 11.8 Å². The van der Waals surface area contributed by atoms with E-state index in [4.69, 9.17) is 5.73 Å². The zero-order valence-corrected chi connectivity index (χ0v) is 9.66. The molecule has 5 heteroatoms. The highest BCUT2D eigenvalue weighted by atomic mass is 32.2. The second-order valence-electron chi connectivity index (χ2n) is 3.94. The minimum absolute atomic E-state index is 0.0437. The smallest absolute Gasteiger partial charge is 0.200 e. The Morgan fingerprint density at radius 2 is 2.12 bits per heavy atom. The third-order valence-electron chi connectivity index (χ3n) is 2.75. The van der Waals surface area contributed by atoms with Gasteiger partial charge in [0.2, 0.25) is 9.84 Å². The molecule has 1 atom stereocenters. The molecule has 16 heavy (non-hydrogen) atoms. The molecular formula is C11H13NO3S. The summed E-state index contributed by atoms with van der Waals surface area (Å²) in [7, 11) is -3.36. The van der Waals surface area contributed by atoms with Gasteiger partial charge in [-0.2, -0.15) is 0 Å². The molecule has 1 unspecified atom stereocenters. The molecular weight excluding hydrogens is 226 g/mol. The minimum Gasteiger partial charge on any atom is -0.508 e. The van der Waals surface area contributed by atoms with Gasteiger partial charge in [-0.25, -0.2) is 8.42 Å². The number of phenols is 1. The van der Waals surface area contributed by atoms with Gasteiger partial charge in [0.15, 0.2) is 0 Å². The van der Waals surface area contributed by atoms with Gasteiger partial charge < -0.3 is 10.8 Å². The Bertz CT molecular complexity index is 561. The van der Waals surface area contributed by atoms with Crippen molar-refractivity contribution in [1.29, 1.82) is 0 Å². The average Bonchev–Trinajstić information content (AvgIpc) is 2.49. The molecule has 1 aromatic rings. The molecule has 0 radical (unpaired) electrons. The van der Waals surface area contributed by atoms with Gasteiger partial charge in [-0.1, -0.05) is 6.92 Å². The van der Waals surface area contributed by atoms with E-state index in [1.54, 1.807) is 0 Å². The van der Waals surface area contributed by atoms with Crippen LogP contribution in [0.4, 0.5) is 0 Å². The Kier molecular flexibility index (Phi) is 2.52. The first-order valence-corrected chi connectivity index (χ1v) is 6.50. The number of fused-ring (bicyclic) bond motifs is 1. The SMILES string of the molecule is CC(CN)C1=CS(=O)(=O)c2ccc(O)cc21. The summed E-state index contributed by atoms with van der Waals surface area (Å²) in [4.78, 5) is 0.251. The van der Waals surface area contributed by atoms with Crippen LogP contribution in [0.25, 0.3) is 5.57 Å². The van der Waals surface area contributed by atoms with Crippen LogP contribution in [0, 0.1) is 5.92 Å². The molecule has 4 nitrogen and oxygen atoms in total. The summed E-state index contributed by atoms with van der Waals surface area (Å²) < 4.78 is 23.6. The third-order valence-corrected chi connectivity index (χ3v) is 4.28. The van der Waals surface area contributed by atoms with Crippen molar-refractivity contribution in [1.82, 2.24) is 0 Å². The van der Waals surface area contributed by atoms with Crippen LogP contribution in [-0.2, 0) is 9.84 Å². The highest BCUT2D eigenvalue weighted by molar-refractivity contribution is 7.95. The van der Waals surface area contributed by atoms with Crippen LogP contribution < -0.4 is 5.73 Å². The molecule has 0 aliphatic carbocycles. The lowest BCUT2D eigenvalue weighted by Crippen LogP contribution is -2.11. The van der Waals surface area contributed by atoms with Gasteiger partial charge in [-0.05, 0) is 36.2 Å². The monoisotopic (exact) mass is 239 g/mol.